The van der Waals surface area contributed by atoms with E-state index in [0.717, 1.165) is 0 Å². The van der Waals surface area contributed by atoms with Crippen molar-refractivity contribution >= 4 is 27.8 Å². The van der Waals surface area contributed by atoms with Gasteiger partial charge in [0, 0.05) is 11.1 Å². The monoisotopic (exact) mass is 407 g/mol. The second-order valence-electron chi connectivity index (χ2n) is 6.50. The van der Waals surface area contributed by atoms with Crippen molar-refractivity contribution in [2.45, 2.75) is 38.5 Å². The zero-order valence-electron chi connectivity index (χ0n) is 14.0. The van der Waals surface area contributed by atoms with Crippen molar-refractivity contribution in [1.29, 1.82) is 0 Å². The van der Waals surface area contributed by atoms with Gasteiger partial charge in [-0.2, -0.15) is 0 Å². The van der Waals surface area contributed by atoms with E-state index in [2.05, 4.69) is 16.1 Å². The summed E-state index contributed by atoms with van der Waals surface area (Å²) in [6.07, 6.45) is 0.376. The summed E-state index contributed by atoms with van der Waals surface area (Å²) in [5, 5.41) is 10.8. The van der Waals surface area contributed by atoms with Crippen LogP contribution in [0.1, 0.15) is 53.3 Å². The predicted molar refractivity (Wildman–Crippen MR) is 93.7 cm³/mol. The number of carbonyl (C=O) groups is 2. The number of ketones is 1. The molecule has 2 aromatic rings. The molecule has 7 heteroatoms. The molecule has 0 saturated carbocycles. The lowest BCUT2D eigenvalue weighted by Gasteiger charge is -2.44. The van der Waals surface area contributed by atoms with E-state index in [1.807, 2.05) is 0 Å². The summed E-state index contributed by atoms with van der Waals surface area (Å²) in [5.74, 6) is 0.102. The van der Waals surface area contributed by atoms with Gasteiger partial charge in [0.15, 0.2) is 11.5 Å². The Labute approximate surface area is 153 Å². The Hall–Kier alpha value is -2.12. The normalized spacial score (nSPS) is 21.2. The van der Waals surface area contributed by atoms with Crippen LogP contribution in [-0.4, -0.2) is 32.4 Å². The molecule has 3 rings (SSSR count). The molecule has 0 fully saturated rings. The fourth-order valence-corrected chi connectivity index (χ4v) is 3.48. The van der Waals surface area contributed by atoms with Crippen LogP contribution < -0.4 is 4.74 Å². The second kappa shape index (κ2) is 6.31. The molecule has 1 aromatic carbocycles. The Balaban J connectivity index is 2.09. The van der Waals surface area contributed by atoms with E-state index in [4.69, 9.17) is 9.15 Å². The number of aliphatic hydroxyl groups is 1. The third-order valence-electron chi connectivity index (χ3n) is 4.29. The molecule has 1 aromatic heterocycles. The zero-order valence-corrected chi connectivity index (χ0v) is 15.6. The highest BCUT2D eigenvalue weighted by atomic mass is 79.9. The Morgan fingerprint density at radius 2 is 2.00 bits per heavy atom. The zero-order chi connectivity index (χ0) is 18.4. The summed E-state index contributed by atoms with van der Waals surface area (Å²) in [7, 11) is 0. The van der Waals surface area contributed by atoms with E-state index >= 15 is 0 Å². The Morgan fingerprint density at radius 1 is 1.28 bits per heavy atom. The fourth-order valence-electron chi connectivity index (χ4n) is 2.86. The van der Waals surface area contributed by atoms with Crippen molar-refractivity contribution in [3.05, 3.63) is 53.5 Å². The molecule has 0 bridgehead atoms. The smallest absolute Gasteiger partial charge is 0.300 e. The maximum Gasteiger partial charge on any atom is 0.300 e. The van der Waals surface area contributed by atoms with Crippen LogP contribution in [0.3, 0.4) is 0 Å². The number of hydrogen-bond acceptors (Lipinski definition) is 5. The van der Waals surface area contributed by atoms with Crippen molar-refractivity contribution in [3.63, 3.8) is 0 Å². The standard InChI is InChI=1S/C18H18BrNO5/c1-10(21)11-6-7-13-12(9-11)15(16(22)18(2,3)25-13)20(19)17(23)14-5-4-8-24-14/h4-9,15-16,22H,1-3H3. The predicted octanol–water partition coefficient (Wildman–Crippen LogP) is 3.51. The Morgan fingerprint density at radius 3 is 2.60 bits per heavy atom. The third kappa shape index (κ3) is 3.09. The number of hydrogen-bond donors (Lipinski definition) is 1. The number of aliphatic hydroxyl groups excluding tert-OH is 1. The van der Waals surface area contributed by atoms with Gasteiger partial charge in [0.2, 0.25) is 0 Å². The molecule has 132 valence electrons. The van der Waals surface area contributed by atoms with E-state index in [9.17, 15) is 14.7 Å². The summed E-state index contributed by atoms with van der Waals surface area (Å²) in [6, 6.07) is 7.39. The molecule has 0 aliphatic carbocycles. The summed E-state index contributed by atoms with van der Waals surface area (Å²) in [5.41, 5.74) is 0.104. The van der Waals surface area contributed by atoms with E-state index in [0.29, 0.717) is 16.9 Å². The highest BCUT2D eigenvalue weighted by molar-refractivity contribution is 9.07. The summed E-state index contributed by atoms with van der Waals surface area (Å²) < 4.78 is 12.3. The molecular formula is C18H18BrNO5. The number of nitrogens with zero attached hydrogens (tertiary/aromatic N) is 1. The lowest BCUT2D eigenvalue weighted by atomic mass is 9.85. The van der Waals surface area contributed by atoms with E-state index in [1.54, 1.807) is 44.2 Å². The van der Waals surface area contributed by atoms with Gasteiger partial charge in [-0.25, -0.2) is 0 Å². The van der Waals surface area contributed by atoms with Gasteiger partial charge in [-0.1, -0.05) is 0 Å². The minimum atomic E-state index is -1.03. The van der Waals surface area contributed by atoms with Gasteiger partial charge in [-0.05, 0) is 51.1 Å². The molecule has 25 heavy (non-hydrogen) atoms. The number of furan rings is 1. The van der Waals surface area contributed by atoms with Gasteiger partial charge in [0.1, 0.15) is 23.5 Å². The van der Waals surface area contributed by atoms with Crippen LogP contribution in [0.15, 0.2) is 41.0 Å². The Kier molecular flexibility index (Phi) is 4.47. The van der Waals surface area contributed by atoms with Gasteiger partial charge >= 0.3 is 0 Å². The molecular weight excluding hydrogens is 390 g/mol. The quantitative estimate of drug-likeness (QED) is 0.621. The minimum absolute atomic E-state index is 0.112. The van der Waals surface area contributed by atoms with Gasteiger partial charge in [-0.3, -0.25) is 13.5 Å². The first kappa shape index (κ1) is 17.7. The van der Waals surface area contributed by atoms with Gasteiger partial charge in [0.25, 0.3) is 5.91 Å². The van der Waals surface area contributed by atoms with Crippen LogP contribution in [0, 0.1) is 0 Å². The van der Waals surface area contributed by atoms with E-state index in [1.165, 1.54) is 17.1 Å². The maximum atomic E-state index is 12.7. The summed E-state index contributed by atoms with van der Waals surface area (Å²) >= 11 is 3.27. The molecule has 2 heterocycles. The first-order chi connectivity index (χ1) is 11.7. The van der Waals surface area contributed by atoms with Crippen molar-refractivity contribution in [1.82, 2.24) is 3.93 Å². The van der Waals surface area contributed by atoms with E-state index < -0.39 is 23.7 Å². The first-order valence-corrected chi connectivity index (χ1v) is 8.48. The molecule has 1 N–H and O–H groups in total. The Bertz CT molecular complexity index is 815. The minimum Gasteiger partial charge on any atom is -0.485 e. The summed E-state index contributed by atoms with van der Waals surface area (Å²) in [4.78, 5) is 24.4. The number of amides is 1. The molecule has 1 aliphatic heterocycles. The molecule has 6 nitrogen and oxygen atoms in total. The molecule has 1 aliphatic rings. The number of rotatable bonds is 3. The van der Waals surface area contributed by atoms with Crippen LogP contribution >= 0.6 is 16.1 Å². The molecule has 2 unspecified atom stereocenters. The van der Waals surface area contributed by atoms with Crippen molar-refractivity contribution < 1.29 is 23.8 Å². The van der Waals surface area contributed by atoms with Gasteiger partial charge in [-0.15, -0.1) is 0 Å². The van der Waals surface area contributed by atoms with Crippen LogP contribution in [0.25, 0.3) is 0 Å². The van der Waals surface area contributed by atoms with Crippen LogP contribution in [-0.2, 0) is 0 Å². The largest absolute Gasteiger partial charge is 0.485 e. The van der Waals surface area contributed by atoms with Crippen LogP contribution in [0.5, 0.6) is 5.75 Å². The molecule has 0 saturated heterocycles. The fraction of sp³-hybridized carbons (Fsp3) is 0.333. The molecule has 0 radical (unpaired) electrons. The first-order valence-electron chi connectivity index (χ1n) is 7.77. The second-order valence-corrected chi connectivity index (χ2v) is 7.26. The number of fused-ring (bicyclic) bond motifs is 1. The lowest BCUT2D eigenvalue weighted by Crippen LogP contribution is -2.52. The average molecular weight is 408 g/mol. The number of carbonyl (C=O) groups excluding carboxylic acids is 2. The molecule has 0 spiro atoms. The maximum absolute atomic E-state index is 12.7. The van der Waals surface area contributed by atoms with Crippen LogP contribution in [0.4, 0.5) is 0 Å². The molecule has 1 amide bonds. The van der Waals surface area contributed by atoms with E-state index in [-0.39, 0.29) is 11.5 Å². The average Bonchev–Trinajstić information content (AvgIpc) is 3.08. The van der Waals surface area contributed by atoms with Crippen molar-refractivity contribution in [2.75, 3.05) is 0 Å². The third-order valence-corrected chi connectivity index (χ3v) is 5.05. The summed E-state index contributed by atoms with van der Waals surface area (Å²) in [6.45, 7) is 4.94. The van der Waals surface area contributed by atoms with Gasteiger partial charge < -0.3 is 14.3 Å². The van der Waals surface area contributed by atoms with Gasteiger partial charge in [0.05, 0.1) is 22.4 Å². The topological polar surface area (TPSA) is 80.0 Å². The van der Waals surface area contributed by atoms with Crippen LogP contribution in [0.2, 0.25) is 0 Å². The lowest BCUT2D eigenvalue weighted by molar-refractivity contribution is -0.0733. The SMILES string of the molecule is CC(=O)c1ccc2c(c1)C(N(Br)C(=O)c1ccco1)C(O)C(C)(C)O2. The number of halogens is 1. The number of Topliss-reactive ketones (excluding diaryl/α,β-unsaturated/α-hetero) is 1. The van der Waals surface area contributed by atoms with Crippen molar-refractivity contribution in [3.8, 4) is 5.75 Å². The number of ether oxygens (including phenoxy) is 1. The highest BCUT2D eigenvalue weighted by Crippen LogP contribution is 2.44. The van der Waals surface area contributed by atoms with Crippen molar-refractivity contribution in [2.24, 2.45) is 0 Å². The molecule has 2 atom stereocenters. The number of benzene rings is 1. The highest BCUT2D eigenvalue weighted by Gasteiger charge is 2.47.